The number of carbonyl (C=O) groups is 2. The second-order valence-corrected chi connectivity index (χ2v) is 6.29. The molecule has 1 fully saturated rings. The van der Waals surface area contributed by atoms with Crippen LogP contribution < -0.4 is 5.32 Å². The van der Waals surface area contributed by atoms with Gasteiger partial charge >= 0.3 is 5.97 Å². The topological polar surface area (TPSA) is 69.6 Å². The first kappa shape index (κ1) is 18.0. The fraction of sp³-hybridized carbons (Fsp3) is 0.875. The number of likely N-dealkylation sites (tertiary alicyclic amines) is 1. The third kappa shape index (κ3) is 8.05. The Morgan fingerprint density at radius 1 is 1.38 bits per heavy atom. The zero-order valence-corrected chi connectivity index (χ0v) is 13.4. The molecule has 1 aliphatic rings. The van der Waals surface area contributed by atoms with Crippen molar-refractivity contribution in [3.63, 3.8) is 0 Å². The minimum Gasteiger partial charge on any atom is -0.481 e. The van der Waals surface area contributed by atoms with Gasteiger partial charge in [-0.15, -0.1) is 0 Å². The summed E-state index contributed by atoms with van der Waals surface area (Å²) in [4.78, 5) is 24.7. The van der Waals surface area contributed by atoms with Gasteiger partial charge in [-0.3, -0.25) is 14.5 Å². The molecule has 1 aliphatic heterocycles. The Labute approximate surface area is 128 Å². The molecule has 1 saturated heterocycles. The van der Waals surface area contributed by atoms with Crippen molar-refractivity contribution >= 4 is 11.9 Å². The average Bonchev–Trinajstić information content (AvgIpc) is 2.84. The number of hydrogen-bond acceptors (Lipinski definition) is 3. The molecule has 5 nitrogen and oxygen atoms in total. The summed E-state index contributed by atoms with van der Waals surface area (Å²) in [5.41, 5.74) is 0. The highest BCUT2D eigenvalue weighted by Crippen LogP contribution is 2.20. The maximum absolute atomic E-state index is 12.0. The molecule has 0 bridgehead atoms. The highest BCUT2D eigenvalue weighted by atomic mass is 16.4. The van der Waals surface area contributed by atoms with Crippen molar-refractivity contribution in [1.29, 1.82) is 0 Å². The van der Waals surface area contributed by atoms with Crippen LogP contribution in [0.3, 0.4) is 0 Å². The Morgan fingerprint density at radius 3 is 2.81 bits per heavy atom. The molecule has 1 rings (SSSR count). The molecule has 21 heavy (non-hydrogen) atoms. The van der Waals surface area contributed by atoms with Gasteiger partial charge in [0.25, 0.3) is 0 Å². The molecule has 1 amide bonds. The van der Waals surface area contributed by atoms with Gasteiger partial charge in [-0.05, 0) is 38.6 Å². The van der Waals surface area contributed by atoms with Crippen LogP contribution >= 0.6 is 0 Å². The molecule has 2 atom stereocenters. The standard InChI is InChI=1S/C16H30N2O3/c1-3-4-5-6-13(2)17-15(19)12-18-10-9-14(11-18)7-8-16(20)21/h13-14H,3-12H2,1-2H3,(H,17,19)(H,20,21). The first-order valence-electron chi connectivity index (χ1n) is 8.24. The van der Waals surface area contributed by atoms with Crippen molar-refractivity contribution in [2.75, 3.05) is 19.6 Å². The molecular weight excluding hydrogens is 268 g/mol. The van der Waals surface area contributed by atoms with E-state index in [1.165, 1.54) is 19.3 Å². The number of hydrogen-bond donors (Lipinski definition) is 2. The van der Waals surface area contributed by atoms with Gasteiger partial charge in [-0.25, -0.2) is 0 Å². The molecule has 2 N–H and O–H groups in total. The van der Waals surface area contributed by atoms with E-state index in [4.69, 9.17) is 5.11 Å². The first-order valence-corrected chi connectivity index (χ1v) is 8.24. The van der Waals surface area contributed by atoms with Gasteiger partial charge in [0.1, 0.15) is 0 Å². The van der Waals surface area contributed by atoms with E-state index < -0.39 is 5.97 Å². The van der Waals surface area contributed by atoms with Gasteiger partial charge in [0.15, 0.2) is 0 Å². The van der Waals surface area contributed by atoms with E-state index in [1.54, 1.807) is 0 Å². The third-order valence-corrected chi connectivity index (χ3v) is 4.15. The van der Waals surface area contributed by atoms with Crippen LogP contribution in [0.25, 0.3) is 0 Å². The van der Waals surface area contributed by atoms with Crippen molar-refractivity contribution in [2.24, 2.45) is 5.92 Å². The molecule has 122 valence electrons. The van der Waals surface area contributed by atoms with E-state index in [1.807, 2.05) is 0 Å². The summed E-state index contributed by atoms with van der Waals surface area (Å²) < 4.78 is 0. The lowest BCUT2D eigenvalue weighted by Gasteiger charge is -2.18. The Hall–Kier alpha value is -1.10. The molecule has 0 saturated carbocycles. The van der Waals surface area contributed by atoms with E-state index in [-0.39, 0.29) is 18.4 Å². The number of amides is 1. The van der Waals surface area contributed by atoms with E-state index in [0.29, 0.717) is 12.5 Å². The van der Waals surface area contributed by atoms with Crippen LogP contribution in [0.4, 0.5) is 0 Å². The SMILES string of the molecule is CCCCCC(C)NC(=O)CN1CCC(CCC(=O)O)C1. The number of nitrogens with one attached hydrogen (secondary N) is 1. The summed E-state index contributed by atoms with van der Waals surface area (Å²) in [6.45, 7) is 6.44. The minimum absolute atomic E-state index is 0.0953. The second-order valence-electron chi connectivity index (χ2n) is 6.29. The lowest BCUT2D eigenvalue weighted by molar-refractivity contribution is -0.137. The number of carboxylic acid groups (broad SMARTS) is 1. The van der Waals surface area contributed by atoms with E-state index in [2.05, 4.69) is 24.1 Å². The van der Waals surface area contributed by atoms with Crippen molar-refractivity contribution in [3.8, 4) is 0 Å². The van der Waals surface area contributed by atoms with Crippen LogP contribution in [-0.4, -0.2) is 47.6 Å². The fourth-order valence-corrected chi connectivity index (χ4v) is 2.92. The van der Waals surface area contributed by atoms with E-state index in [0.717, 1.165) is 32.4 Å². The van der Waals surface area contributed by atoms with Gasteiger partial charge in [0.2, 0.25) is 5.91 Å². The molecule has 5 heteroatoms. The quantitative estimate of drug-likeness (QED) is 0.607. The highest BCUT2D eigenvalue weighted by molar-refractivity contribution is 5.78. The molecule has 0 aromatic heterocycles. The summed E-state index contributed by atoms with van der Waals surface area (Å²) in [6, 6.07) is 0.245. The van der Waals surface area contributed by atoms with E-state index in [9.17, 15) is 9.59 Å². The smallest absolute Gasteiger partial charge is 0.303 e. The Bertz CT molecular complexity index is 333. The van der Waals surface area contributed by atoms with Gasteiger partial charge in [0, 0.05) is 19.0 Å². The van der Waals surface area contributed by atoms with Gasteiger partial charge in [-0.1, -0.05) is 26.2 Å². The maximum Gasteiger partial charge on any atom is 0.303 e. The lowest BCUT2D eigenvalue weighted by atomic mass is 10.0. The monoisotopic (exact) mass is 298 g/mol. The maximum atomic E-state index is 12.0. The summed E-state index contributed by atoms with van der Waals surface area (Å²) in [6.07, 6.45) is 6.59. The lowest BCUT2D eigenvalue weighted by Crippen LogP contribution is -2.40. The predicted octanol–water partition coefficient (Wildman–Crippen LogP) is 2.26. The van der Waals surface area contributed by atoms with Gasteiger partial charge < -0.3 is 10.4 Å². The number of nitrogens with zero attached hydrogens (tertiary/aromatic N) is 1. The Kier molecular flexibility index (Phi) is 8.35. The van der Waals surface area contributed by atoms with Crippen molar-refractivity contribution < 1.29 is 14.7 Å². The molecule has 0 aromatic carbocycles. The molecule has 0 spiro atoms. The summed E-state index contributed by atoms with van der Waals surface area (Å²) >= 11 is 0. The van der Waals surface area contributed by atoms with Crippen LogP contribution in [0.5, 0.6) is 0 Å². The molecule has 2 unspecified atom stereocenters. The largest absolute Gasteiger partial charge is 0.481 e. The number of carbonyl (C=O) groups excluding carboxylic acids is 1. The zero-order chi connectivity index (χ0) is 15.7. The minimum atomic E-state index is -0.730. The molecule has 1 heterocycles. The van der Waals surface area contributed by atoms with Crippen LogP contribution in [-0.2, 0) is 9.59 Å². The van der Waals surface area contributed by atoms with Crippen LogP contribution in [0.1, 0.15) is 58.8 Å². The zero-order valence-electron chi connectivity index (χ0n) is 13.4. The summed E-state index contributed by atoms with van der Waals surface area (Å²) in [7, 11) is 0. The number of carboxylic acids is 1. The number of aliphatic carboxylic acids is 1. The number of rotatable bonds is 10. The number of unbranched alkanes of at least 4 members (excludes halogenated alkanes) is 2. The van der Waals surface area contributed by atoms with Crippen LogP contribution in [0.15, 0.2) is 0 Å². The molecule has 0 aromatic rings. The molecular formula is C16H30N2O3. The second kappa shape index (κ2) is 9.77. The molecule has 0 aliphatic carbocycles. The van der Waals surface area contributed by atoms with Crippen LogP contribution in [0, 0.1) is 5.92 Å². The third-order valence-electron chi connectivity index (χ3n) is 4.15. The normalized spacial score (nSPS) is 20.4. The highest BCUT2D eigenvalue weighted by Gasteiger charge is 2.24. The van der Waals surface area contributed by atoms with Crippen LogP contribution in [0.2, 0.25) is 0 Å². The summed E-state index contributed by atoms with van der Waals surface area (Å²) in [5.74, 6) is -0.208. The van der Waals surface area contributed by atoms with Gasteiger partial charge in [0.05, 0.1) is 6.54 Å². The average molecular weight is 298 g/mol. The fourth-order valence-electron chi connectivity index (χ4n) is 2.92. The molecule has 0 radical (unpaired) electrons. The van der Waals surface area contributed by atoms with Gasteiger partial charge in [-0.2, -0.15) is 0 Å². The summed E-state index contributed by atoms with van der Waals surface area (Å²) in [5, 5.41) is 11.8. The first-order chi connectivity index (χ1) is 10.0. The Balaban J connectivity index is 2.16. The van der Waals surface area contributed by atoms with E-state index >= 15 is 0 Å². The Morgan fingerprint density at radius 2 is 2.14 bits per heavy atom. The van der Waals surface area contributed by atoms with Crippen molar-refractivity contribution in [2.45, 2.75) is 64.8 Å². The van der Waals surface area contributed by atoms with Crippen molar-refractivity contribution in [1.82, 2.24) is 10.2 Å². The van der Waals surface area contributed by atoms with Crippen molar-refractivity contribution in [3.05, 3.63) is 0 Å². The predicted molar refractivity (Wildman–Crippen MR) is 83.2 cm³/mol.